The standard InChI is InChI=1S/C18H16N2O5/c1-11-3-4-13(20(22)23)8-16(11)19-10-12-7-18(21)25-17-9-14(24-2)5-6-15(12)17/h3-9,19H,10H2,1-2H3. The molecule has 1 heterocycles. The van der Waals surface area contributed by atoms with Gasteiger partial charge in [0.2, 0.25) is 0 Å². The van der Waals surface area contributed by atoms with Crippen LogP contribution < -0.4 is 15.7 Å². The SMILES string of the molecule is COc1ccc2c(CNc3cc([N+](=O)[O-])ccc3C)cc(=O)oc2c1. The molecular weight excluding hydrogens is 324 g/mol. The van der Waals surface area contributed by atoms with Gasteiger partial charge in [-0.15, -0.1) is 0 Å². The largest absolute Gasteiger partial charge is 0.497 e. The van der Waals surface area contributed by atoms with Gasteiger partial charge in [0, 0.05) is 41.9 Å². The highest BCUT2D eigenvalue weighted by atomic mass is 16.6. The Balaban J connectivity index is 1.95. The molecule has 0 atom stereocenters. The minimum Gasteiger partial charge on any atom is -0.497 e. The van der Waals surface area contributed by atoms with Crippen LogP contribution in [0.1, 0.15) is 11.1 Å². The number of non-ortho nitro benzene ring substituents is 1. The lowest BCUT2D eigenvalue weighted by Crippen LogP contribution is -2.07. The number of nitrogens with zero attached hydrogens (tertiary/aromatic N) is 1. The second-order valence-corrected chi connectivity index (χ2v) is 5.56. The van der Waals surface area contributed by atoms with Crippen molar-refractivity contribution in [1.29, 1.82) is 0 Å². The molecule has 1 aromatic heterocycles. The topological polar surface area (TPSA) is 94.6 Å². The van der Waals surface area contributed by atoms with Crippen molar-refractivity contribution in [3.05, 3.63) is 74.1 Å². The van der Waals surface area contributed by atoms with Gasteiger partial charge in [-0.05, 0) is 30.2 Å². The fourth-order valence-corrected chi connectivity index (χ4v) is 2.59. The Hall–Kier alpha value is -3.35. The molecule has 0 aliphatic rings. The first kappa shape index (κ1) is 16.5. The highest BCUT2D eigenvalue weighted by molar-refractivity contribution is 5.81. The Morgan fingerprint density at radius 2 is 2.00 bits per heavy atom. The van der Waals surface area contributed by atoms with Crippen LogP contribution >= 0.6 is 0 Å². The number of nitro groups is 1. The van der Waals surface area contributed by atoms with Gasteiger partial charge in [0.25, 0.3) is 5.69 Å². The Morgan fingerprint density at radius 3 is 2.72 bits per heavy atom. The number of nitro benzene ring substituents is 1. The van der Waals surface area contributed by atoms with Crippen LogP contribution in [0.2, 0.25) is 0 Å². The zero-order chi connectivity index (χ0) is 18.0. The lowest BCUT2D eigenvalue weighted by Gasteiger charge is -2.11. The fraction of sp³-hybridized carbons (Fsp3) is 0.167. The first-order valence-electron chi connectivity index (χ1n) is 7.57. The number of rotatable bonds is 5. The van der Waals surface area contributed by atoms with Crippen molar-refractivity contribution in [2.45, 2.75) is 13.5 Å². The van der Waals surface area contributed by atoms with Crippen LogP contribution in [0.3, 0.4) is 0 Å². The molecule has 3 rings (SSSR count). The van der Waals surface area contributed by atoms with Crippen molar-refractivity contribution >= 4 is 22.3 Å². The van der Waals surface area contributed by atoms with E-state index in [2.05, 4.69) is 5.32 Å². The van der Waals surface area contributed by atoms with Crippen LogP contribution in [-0.4, -0.2) is 12.0 Å². The van der Waals surface area contributed by atoms with E-state index in [1.54, 1.807) is 18.2 Å². The van der Waals surface area contributed by atoms with Crippen LogP contribution in [0.4, 0.5) is 11.4 Å². The summed E-state index contributed by atoms with van der Waals surface area (Å²) in [7, 11) is 1.54. The molecule has 0 amide bonds. The molecule has 0 aliphatic heterocycles. The Labute approximate surface area is 143 Å². The van der Waals surface area contributed by atoms with Crippen LogP contribution in [0.25, 0.3) is 11.0 Å². The average Bonchev–Trinajstić information content (AvgIpc) is 2.59. The Bertz CT molecular complexity index is 1010. The van der Waals surface area contributed by atoms with Crippen LogP contribution in [0.15, 0.2) is 51.7 Å². The molecule has 3 aromatic rings. The van der Waals surface area contributed by atoms with Gasteiger partial charge in [0.05, 0.1) is 12.0 Å². The molecular formula is C18H16N2O5. The summed E-state index contributed by atoms with van der Waals surface area (Å²) in [6, 6.07) is 11.3. The maximum absolute atomic E-state index is 11.8. The number of benzene rings is 2. The third-order valence-corrected chi connectivity index (χ3v) is 3.94. The molecule has 25 heavy (non-hydrogen) atoms. The number of methoxy groups -OCH3 is 1. The Morgan fingerprint density at radius 1 is 1.20 bits per heavy atom. The molecule has 128 valence electrons. The van der Waals surface area contributed by atoms with E-state index in [1.165, 1.54) is 25.3 Å². The van der Waals surface area contributed by atoms with E-state index < -0.39 is 10.5 Å². The molecule has 2 aromatic carbocycles. The Kier molecular flexibility index (Phi) is 4.38. The van der Waals surface area contributed by atoms with E-state index in [-0.39, 0.29) is 5.69 Å². The summed E-state index contributed by atoms with van der Waals surface area (Å²) in [6.07, 6.45) is 0. The predicted octanol–water partition coefficient (Wildman–Crippen LogP) is 3.63. The summed E-state index contributed by atoms with van der Waals surface area (Å²) >= 11 is 0. The third-order valence-electron chi connectivity index (χ3n) is 3.94. The average molecular weight is 340 g/mol. The van der Waals surface area contributed by atoms with Crippen LogP contribution in [0.5, 0.6) is 5.75 Å². The monoisotopic (exact) mass is 340 g/mol. The van der Waals surface area contributed by atoms with E-state index in [0.29, 0.717) is 23.6 Å². The van der Waals surface area contributed by atoms with Gasteiger partial charge in [-0.2, -0.15) is 0 Å². The first-order valence-corrected chi connectivity index (χ1v) is 7.57. The first-order chi connectivity index (χ1) is 12.0. The lowest BCUT2D eigenvalue weighted by molar-refractivity contribution is -0.384. The predicted molar refractivity (Wildman–Crippen MR) is 94.2 cm³/mol. The van der Waals surface area contributed by atoms with Gasteiger partial charge in [0.1, 0.15) is 11.3 Å². The van der Waals surface area contributed by atoms with Gasteiger partial charge in [-0.1, -0.05) is 6.07 Å². The molecule has 0 bridgehead atoms. The molecule has 0 aliphatic carbocycles. The van der Waals surface area contributed by atoms with Crippen LogP contribution in [0, 0.1) is 17.0 Å². The van der Waals surface area contributed by atoms with Crippen LogP contribution in [-0.2, 0) is 6.54 Å². The molecule has 0 fully saturated rings. The summed E-state index contributed by atoms with van der Waals surface area (Å²) in [5.41, 5.74) is 2.23. The van der Waals surface area contributed by atoms with Gasteiger partial charge in [-0.3, -0.25) is 10.1 Å². The molecule has 0 saturated heterocycles. The minimum absolute atomic E-state index is 0.00951. The second-order valence-electron chi connectivity index (χ2n) is 5.56. The van der Waals surface area contributed by atoms with E-state index in [4.69, 9.17) is 9.15 Å². The van der Waals surface area contributed by atoms with Gasteiger partial charge in [-0.25, -0.2) is 4.79 Å². The molecule has 0 spiro atoms. The van der Waals surface area contributed by atoms with Crippen molar-refractivity contribution in [2.75, 3.05) is 12.4 Å². The summed E-state index contributed by atoms with van der Waals surface area (Å²) < 4.78 is 10.4. The number of nitrogens with one attached hydrogen (secondary N) is 1. The number of aryl methyl sites for hydroxylation is 1. The van der Waals surface area contributed by atoms with E-state index >= 15 is 0 Å². The molecule has 7 heteroatoms. The number of hydrogen-bond acceptors (Lipinski definition) is 6. The van der Waals surface area contributed by atoms with E-state index in [0.717, 1.165) is 16.5 Å². The smallest absolute Gasteiger partial charge is 0.336 e. The van der Waals surface area contributed by atoms with Crippen molar-refractivity contribution in [3.63, 3.8) is 0 Å². The summed E-state index contributed by atoms with van der Waals surface area (Å²) in [5.74, 6) is 0.593. The number of anilines is 1. The zero-order valence-corrected chi connectivity index (χ0v) is 13.7. The van der Waals surface area contributed by atoms with Gasteiger partial charge >= 0.3 is 5.63 Å². The van der Waals surface area contributed by atoms with E-state index in [1.807, 2.05) is 13.0 Å². The quantitative estimate of drug-likeness (QED) is 0.433. The normalized spacial score (nSPS) is 10.6. The van der Waals surface area contributed by atoms with Gasteiger partial charge < -0.3 is 14.5 Å². The zero-order valence-electron chi connectivity index (χ0n) is 13.7. The number of hydrogen-bond donors (Lipinski definition) is 1. The maximum Gasteiger partial charge on any atom is 0.336 e. The van der Waals surface area contributed by atoms with Crippen molar-refractivity contribution < 1.29 is 14.1 Å². The molecule has 0 radical (unpaired) electrons. The number of ether oxygens (including phenoxy) is 1. The van der Waals surface area contributed by atoms with Gasteiger partial charge in [0.15, 0.2) is 0 Å². The molecule has 7 nitrogen and oxygen atoms in total. The summed E-state index contributed by atoms with van der Waals surface area (Å²) in [5, 5.41) is 14.9. The number of fused-ring (bicyclic) bond motifs is 1. The van der Waals surface area contributed by atoms with Crippen molar-refractivity contribution in [1.82, 2.24) is 0 Å². The summed E-state index contributed by atoms with van der Waals surface area (Å²) in [6.45, 7) is 2.19. The highest BCUT2D eigenvalue weighted by Gasteiger charge is 2.11. The highest BCUT2D eigenvalue weighted by Crippen LogP contribution is 2.25. The van der Waals surface area contributed by atoms with Crippen molar-refractivity contribution in [2.24, 2.45) is 0 Å². The lowest BCUT2D eigenvalue weighted by atomic mass is 10.1. The van der Waals surface area contributed by atoms with E-state index in [9.17, 15) is 14.9 Å². The summed E-state index contributed by atoms with van der Waals surface area (Å²) in [4.78, 5) is 22.3. The minimum atomic E-state index is -0.465. The fourth-order valence-electron chi connectivity index (χ4n) is 2.59. The third kappa shape index (κ3) is 3.45. The second kappa shape index (κ2) is 6.64. The van der Waals surface area contributed by atoms with Crippen molar-refractivity contribution in [3.8, 4) is 5.75 Å². The molecule has 0 saturated carbocycles. The maximum atomic E-state index is 11.8. The molecule has 0 unspecified atom stereocenters. The molecule has 1 N–H and O–H groups in total.